The number of rotatable bonds is 8. The molecular formula is C22H30N2O4. The van der Waals surface area contributed by atoms with Gasteiger partial charge in [0.1, 0.15) is 5.75 Å². The van der Waals surface area contributed by atoms with Crippen LogP contribution in [0.5, 0.6) is 23.0 Å². The predicted octanol–water partition coefficient (Wildman–Crippen LogP) is 3.11. The van der Waals surface area contributed by atoms with Gasteiger partial charge in [-0.2, -0.15) is 0 Å². The largest absolute Gasteiger partial charge is 0.494 e. The molecule has 1 saturated heterocycles. The highest BCUT2D eigenvalue weighted by Crippen LogP contribution is 2.42. The molecule has 1 N–H and O–H groups in total. The Hall–Kier alpha value is -2.44. The van der Waals surface area contributed by atoms with Gasteiger partial charge in [0.15, 0.2) is 11.5 Å². The number of nitrogens with zero attached hydrogens (tertiary/aromatic N) is 1. The molecule has 0 amide bonds. The lowest BCUT2D eigenvalue weighted by molar-refractivity contribution is 0.197. The molecule has 0 spiro atoms. The van der Waals surface area contributed by atoms with E-state index in [1.807, 2.05) is 31.2 Å². The second-order valence-electron chi connectivity index (χ2n) is 6.65. The molecule has 1 heterocycles. The summed E-state index contributed by atoms with van der Waals surface area (Å²) in [6.07, 6.45) is 0. The van der Waals surface area contributed by atoms with E-state index in [1.165, 1.54) is 5.56 Å². The summed E-state index contributed by atoms with van der Waals surface area (Å²) in [6, 6.07) is 12.5. The topological polar surface area (TPSA) is 52.2 Å². The SMILES string of the molecule is CCOc1ccc(C(c2cc(OC)c(OC)c(OC)c2)N2CCNCC2)cc1. The standard InChI is InChI=1S/C22H30N2O4/c1-5-28-18-8-6-16(7-9-18)21(24-12-10-23-11-13-24)17-14-19(25-2)22(27-4)20(15-17)26-3/h6-9,14-15,21,23H,5,10-13H2,1-4H3. The van der Waals surface area contributed by atoms with E-state index < -0.39 is 0 Å². The molecular weight excluding hydrogens is 356 g/mol. The Labute approximate surface area is 167 Å². The molecule has 2 aromatic carbocycles. The van der Waals surface area contributed by atoms with Crippen molar-refractivity contribution in [2.24, 2.45) is 0 Å². The van der Waals surface area contributed by atoms with Gasteiger partial charge in [-0.05, 0) is 42.3 Å². The summed E-state index contributed by atoms with van der Waals surface area (Å²) in [5, 5.41) is 3.43. The summed E-state index contributed by atoms with van der Waals surface area (Å²) in [6.45, 7) is 6.53. The highest BCUT2D eigenvalue weighted by atomic mass is 16.5. The quantitative estimate of drug-likeness (QED) is 0.752. The van der Waals surface area contributed by atoms with Crippen molar-refractivity contribution in [3.8, 4) is 23.0 Å². The smallest absolute Gasteiger partial charge is 0.203 e. The highest BCUT2D eigenvalue weighted by Gasteiger charge is 2.26. The minimum Gasteiger partial charge on any atom is -0.494 e. The lowest BCUT2D eigenvalue weighted by Gasteiger charge is -2.36. The molecule has 0 bridgehead atoms. The Morgan fingerprint density at radius 1 is 0.893 bits per heavy atom. The van der Waals surface area contributed by atoms with E-state index in [9.17, 15) is 0 Å². The number of piperazine rings is 1. The number of hydrogen-bond donors (Lipinski definition) is 1. The van der Waals surface area contributed by atoms with Crippen LogP contribution >= 0.6 is 0 Å². The minimum atomic E-state index is 0.0893. The van der Waals surface area contributed by atoms with Crippen LogP contribution in [0.25, 0.3) is 0 Å². The summed E-state index contributed by atoms with van der Waals surface area (Å²) in [7, 11) is 4.93. The molecule has 1 unspecified atom stereocenters. The van der Waals surface area contributed by atoms with Gasteiger partial charge in [0, 0.05) is 26.2 Å². The van der Waals surface area contributed by atoms with Crippen molar-refractivity contribution in [3.63, 3.8) is 0 Å². The van der Waals surface area contributed by atoms with Crippen LogP contribution in [0.15, 0.2) is 36.4 Å². The van der Waals surface area contributed by atoms with Gasteiger partial charge in [-0.3, -0.25) is 4.90 Å². The third kappa shape index (κ3) is 4.34. The van der Waals surface area contributed by atoms with E-state index >= 15 is 0 Å². The summed E-state index contributed by atoms with van der Waals surface area (Å²) >= 11 is 0. The number of ether oxygens (including phenoxy) is 4. The van der Waals surface area contributed by atoms with Crippen LogP contribution in [0.3, 0.4) is 0 Å². The summed E-state index contributed by atoms with van der Waals surface area (Å²) in [4.78, 5) is 2.48. The summed E-state index contributed by atoms with van der Waals surface area (Å²) in [5.41, 5.74) is 2.32. The molecule has 6 heteroatoms. The van der Waals surface area contributed by atoms with Crippen LogP contribution in [0.2, 0.25) is 0 Å². The molecule has 152 valence electrons. The van der Waals surface area contributed by atoms with Crippen molar-refractivity contribution < 1.29 is 18.9 Å². The summed E-state index contributed by atoms with van der Waals surface area (Å²) < 4.78 is 22.3. The molecule has 6 nitrogen and oxygen atoms in total. The molecule has 0 aliphatic carbocycles. The maximum absolute atomic E-state index is 5.61. The van der Waals surface area contributed by atoms with Gasteiger partial charge in [-0.25, -0.2) is 0 Å². The molecule has 0 aromatic heterocycles. The van der Waals surface area contributed by atoms with Crippen molar-refractivity contribution in [2.45, 2.75) is 13.0 Å². The molecule has 0 saturated carbocycles. The van der Waals surface area contributed by atoms with Crippen LogP contribution in [-0.2, 0) is 0 Å². The number of benzene rings is 2. The monoisotopic (exact) mass is 386 g/mol. The maximum Gasteiger partial charge on any atom is 0.203 e. The highest BCUT2D eigenvalue weighted by molar-refractivity contribution is 5.55. The van der Waals surface area contributed by atoms with Gasteiger partial charge in [-0.1, -0.05) is 12.1 Å². The first-order chi connectivity index (χ1) is 13.7. The van der Waals surface area contributed by atoms with Crippen molar-refractivity contribution in [1.29, 1.82) is 0 Å². The Balaban J connectivity index is 2.06. The summed E-state index contributed by atoms with van der Waals surface area (Å²) in [5.74, 6) is 2.83. The zero-order valence-corrected chi connectivity index (χ0v) is 17.2. The second kappa shape index (κ2) is 9.66. The van der Waals surface area contributed by atoms with Crippen molar-refractivity contribution in [2.75, 3.05) is 54.1 Å². The molecule has 1 atom stereocenters. The van der Waals surface area contributed by atoms with E-state index in [1.54, 1.807) is 21.3 Å². The molecule has 1 aliphatic rings. The minimum absolute atomic E-state index is 0.0893. The van der Waals surface area contributed by atoms with Crippen molar-refractivity contribution >= 4 is 0 Å². The first kappa shape index (κ1) is 20.3. The lowest BCUT2D eigenvalue weighted by atomic mass is 9.95. The lowest BCUT2D eigenvalue weighted by Crippen LogP contribution is -2.45. The van der Waals surface area contributed by atoms with Gasteiger partial charge in [0.05, 0.1) is 34.0 Å². The molecule has 1 aliphatic heterocycles. The fourth-order valence-electron chi connectivity index (χ4n) is 3.73. The van der Waals surface area contributed by atoms with Gasteiger partial charge in [-0.15, -0.1) is 0 Å². The zero-order chi connectivity index (χ0) is 19.9. The zero-order valence-electron chi connectivity index (χ0n) is 17.2. The fraction of sp³-hybridized carbons (Fsp3) is 0.455. The van der Waals surface area contributed by atoms with Crippen molar-refractivity contribution in [3.05, 3.63) is 47.5 Å². The second-order valence-corrected chi connectivity index (χ2v) is 6.65. The first-order valence-corrected chi connectivity index (χ1v) is 9.69. The number of nitrogens with one attached hydrogen (secondary N) is 1. The Morgan fingerprint density at radius 2 is 1.50 bits per heavy atom. The van der Waals surface area contributed by atoms with Crippen LogP contribution in [0.4, 0.5) is 0 Å². The molecule has 1 fully saturated rings. The van der Waals surface area contributed by atoms with E-state index in [0.717, 1.165) is 37.5 Å². The van der Waals surface area contributed by atoms with Crippen LogP contribution < -0.4 is 24.3 Å². The van der Waals surface area contributed by atoms with Crippen LogP contribution in [0.1, 0.15) is 24.1 Å². The number of methoxy groups -OCH3 is 3. The van der Waals surface area contributed by atoms with E-state index in [-0.39, 0.29) is 6.04 Å². The Morgan fingerprint density at radius 3 is 2.00 bits per heavy atom. The third-order valence-electron chi connectivity index (χ3n) is 5.03. The van der Waals surface area contributed by atoms with E-state index in [2.05, 4.69) is 22.3 Å². The number of hydrogen-bond acceptors (Lipinski definition) is 6. The van der Waals surface area contributed by atoms with Crippen LogP contribution in [-0.4, -0.2) is 59.0 Å². The molecule has 0 radical (unpaired) electrons. The normalized spacial score (nSPS) is 15.7. The van der Waals surface area contributed by atoms with E-state index in [0.29, 0.717) is 23.9 Å². The predicted molar refractivity (Wildman–Crippen MR) is 110 cm³/mol. The fourth-order valence-corrected chi connectivity index (χ4v) is 3.73. The van der Waals surface area contributed by atoms with Gasteiger partial charge in [0.2, 0.25) is 5.75 Å². The van der Waals surface area contributed by atoms with E-state index in [4.69, 9.17) is 18.9 Å². The molecule has 28 heavy (non-hydrogen) atoms. The van der Waals surface area contributed by atoms with Gasteiger partial charge < -0.3 is 24.3 Å². The average Bonchev–Trinajstić information content (AvgIpc) is 2.75. The average molecular weight is 386 g/mol. The van der Waals surface area contributed by atoms with Crippen molar-refractivity contribution in [1.82, 2.24) is 10.2 Å². The van der Waals surface area contributed by atoms with Gasteiger partial charge in [0.25, 0.3) is 0 Å². The van der Waals surface area contributed by atoms with Gasteiger partial charge >= 0.3 is 0 Å². The molecule has 2 aromatic rings. The third-order valence-corrected chi connectivity index (χ3v) is 5.03. The first-order valence-electron chi connectivity index (χ1n) is 9.69. The molecule has 3 rings (SSSR count). The Bertz CT molecular complexity index is 733. The van der Waals surface area contributed by atoms with Crippen LogP contribution in [0, 0.1) is 0 Å². The Kier molecular flexibility index (Phi) is 7.01. The maximum atomic E-state index is 5.61.